The number of esters is 3. The van der Waals surface area contributed by atoms with Crippen molar-refractivity contribution >= 4 is 33.6 Å². The minimum absolute atomic E-state index is 0.0665. The molecular weight excluding hydrogens is 1240 g/mol. The largest absolute Gasteiger partial charge is 0.472 e. The lowest BCUT2D eigenvalue weighted by Crippen LogP contribution is -2.30. The van der Waals surface area contributed by atoms with E-state index in [0.29, 0.717) is 25.7 Å². The molecule has 0 saturated carbocycles. The maximum Gasteiger partial charge on any atom is 0.472 e. The second-order valence-electron chi connectivity index (χ2n) is 22.9. The number of phosphoric acid groups is 2. The van der Waals surface area contributed by atoms with Crippen LogP contribution in [0.25, 0.3) is 0 Å². The minimum atomic E-state index is -4.95. The molecule has 0 aliphatic rings. The van der Waals surface area contributed by atoms with Crippen LogP contribution in [0, 0.1) is 0 Å². The van der Waals surface area contributed by atoms with Gasteiger partial charge >= 0.3 is 33.6 Å². The molecule has 18 heteroatoms. The highest BCUT2D eigenvalue weighted by Gasteiger charge is 2.29. The van der Waals surface area contributed by atoms with E-state index in [9.17, 15) is 43.5 Å². The van der Waals surface area contributed by atoms with Crippen molar-refractivity contribution in [3.05, 3.63) is 170 Å². The summed E-state index contributed by atoms with van der Waals surface area (Å²) in [6.07, 6.45) is 85.6. The first kappa shape index (κ1) is 89.9. The van der Waals surface area contributed by atoms with E-state index in [1.54, 1.807) is 0 Å². The molecule has 0 amide bonds. The molecule has 0 saturated heterocycles. The Morgan fingerprint density at radius 2 is 0.537 bits per heavy atom. The number of hydrogen-bond acceptors (Lipinski definition) is 14. The van der Waals surface area contributed by atoms with E-state index in [-0.39, 0.29) is 19.3 Å². The Kier molecular flexibility index (Phi) is 65.1. The highest BCUT2D eigenvalue weighted by atomic mass is 31.2. The Morgan fingerprint density at radius 3 is 0.874 bits per heavy atom. The van der Waals surface area contributed by atoms with Crippen molar-refractivity contribution in [1.29, 1.82) is 0 Å². The summed E-state index contributed by atoms with van der Waals surface area (Å²) in [6, 6.07) is 0. The Bertz CT molecular complexity index is 2410. The number of ether oxygens (including phenoxy) is 3. The van der Waals surface area contributed by atoms with Crippen LogP contribution < -0.4 is 0 Å². The summed E-state index contributed by atoms with van der Waals surface area (Å²) in [5.74, 6) is -1.69. The SMILES string of the molecule is CC/C=C\C/C=C\C/C=C\C/C=C\C/C=C\C/C=C\CCCCCCCCCCC(=O)OCC(O)COP(=O)(O)OCC(O)COP(=O)(O)OCC(COC(=O)CCC/C=C\C/C=C\C/C=C\C/C=C\C/C=C\CC)OC(=O)CCCCCCC/C=C\C/C=C\C/C=C\CC. The van der Waals surface area contributed by atoms with E-state index in [0.717, 1.165) is 154 Å². The van der Waals surface area contributed by atoms with Crippen molar-refractivity contribution in [2.24, 2.45) is 0 Å². The number of carbonyl (C=O) groups is 3. The average Bonchev–Trinajstić information content (AvgIpc) is 2.05. The predicted molar refractivity (Wildman–Crippen MR) is 389 cm³/mol. The van der Waals surface area contributed by atoms with Crippen LogP contribution >= 0.6 is 15.6 Å². The molecule has 5 unspecified atom stereocenters. The maximum atomic E-state index is 12.9. The zero-order valence-electron chi connectivity index (χ0n) is 58.3. The number of rotatable bonds is 65. The van der Waals surface area contributed by atoms with Gasteiger partial charge in [0.25, 0.3) is 0 Å². The number of unbranched alkanes of at least 4 members (excludes halogenated alkanes) is 14. The predicted octanol–water partition coefficient (Wildman–Crippen LogP) is 20.1. The van der Waals surface area contributed by atoms with Crippen LogP contribution in [0.15, 0.2) is 170 Å². The third-order valence-corrected chi connectivity index (χ3v) is 15.8. The van der Waals surface area contributed by atoms with Crippen molar-refractivity contribution in [3.8, 4) is 0 Å². The lowest BCUT2D eigenvalue weighted by Gasteiger charge is -2.21. The number of phosphoric ester groups is 2. The third-order valence-electron chi connectivity index (χ3n) is 13.9. The summed E-state index contributed by atoms with van der Waals surface area (Å²) in [4.78, 5) is 58.4. The summed E-state index contributed by atoms with van der Waals surface area (Å²) in [7, 11) is -9.82. The number of aliphatic hydroxyl groups excluding tert-OH is 2. The first-order valence-corrected chi connectivity index (χ1v) is 38.4. The maximum absolute atomic E-state index is 12.9. The number of allylic oxidation sites excluding steroid dienone is 28. The fraction of sp³-hybridized carbons (Fsp3) is 0.597. The lowest BCUT2D eigenvalue weighted by atomic mass is 10.1. The molecule has 0 aliphatic heterocycles. The van der Waals surface area contributed by atoms with Crippen LogP contribution in [-0.4, -0.2) is 95.9 Å². The highest BCUT2D eigenvalue weighted by Crippen LogP contribution is 2.45. The van der Waals surface area contributed by atoms with Gasteiger partial charge in [0.1, 0.15) is 25.4 Å². The van der Waals surface area contributed by atoms with Gasteiger partial charge in [0.15, 0.2) is 6.10 Å². The second kappa shape index (κ2) is 68.8. The van der Waals surface area contributed by atoms with E-state index < -0.39 is 91.5 Å². The molecular formula is C77H124O16P2. The van der Waals surface area contributed by atoms with Crippen LogP contribution in [0.4, 0.5) is 0 Å². The van der Waals surface area contributed by atoms with Crippen molar-refractivity contribution < 1.29 is 75.8 Å². The van der Waals surface area contributed by atoms with E-state index >= 15 is 0 Å². The molecule has 95 heavy (non-hydrogen) atoms. The average molecular weight is 1370 g/mol. The van der Waals surface area contributed by atoms with Gasteiger partial charge in [0, 0.05) is 19.3 Å². The molecule has 0 radical (unpaired) electrons. The van der Waals surface area contributed by atoms with Crippen molar-refractivity contribution in [2.75, 3.05) is 39.6 Å². The monoisotopic (exact) mass is 1370 g/mol. The number of aliphatic hydroxyl groups is 2. The second-order valence-corrected chi connectivity index (χ2v) is 25.8. The zero-order chi connectivity index (χ0) is 69.5. The molecule has 0 heterocycles. The minimum Gasteiger partial charge on any atom is -0.463 e. The van der Waals surface area contributed by atoms with Gasteiger partial charge in [-0.1, -0.05) is 249 Å². The molecule has 0 spiro atoms. The summed E-state index contributed by atoms with van der Waals surface area (Å²) >= 11 is 0. The van der Waals surface area contributed by atoms with Crippen LogP contribution in [-0.2, 0) is 55.8 Å². The number of hydrogen-bond donors (Lipinski definition) is 4. The van der Waals surface area contributed by atoms with E-state index in [4.69, 9.17) is 32.3 Å². The molecule has 0 aromatic heterocycles. The standard InChI is InChI=1S/C77H124O16P2/c1-4-7-10-13-16-19-22-25-28-30-31-32-33-34-35-36-37-38-39-41-44-45-48-51-54-57-60-63-75(80)87-66-72(78)67-89-94(83,84)90-68-73(79)69-91-95(85,86)92-71-74(93-77(82)65-62-59-56-53-50-47-42-27-24-21-18-15-12-9-6-3)70-88-76(81)64-61-58-55-52-49-46-43-40-29-26-23-20-17-14-11-8-5-2/h7-12,16-21,25-29,31-32,34-35,37-38,42-43,46,52,55,72-74,78-79H,4-6,13-15,22-24,30,33,36,39-41,44-45,47-51,53-54,56-71H2,1-3H3,(H,83,84)(H,85,86)/b10-7-,11-8-,12-9-,19-16-,20-17-,21-18-,28-25-,29-26-,32-31-,35-34-,38-37-,42-27-,46-43-,55-52-. The number of carbonyl (C=O) groups excluding carboxylic acids is 3. The molecule has 538 valence electrons. The first-order chi connectivity index (χ1) is 46.2. The van der Waals surface area contributed by atoms with Crippen molar-refractivity contribution in [2.45, 2.75) is 257 Å². The fourth-order valence-electron chi connectivity index (χ4n) is 8.62. The molecule has 0 aromatic rings. The Labute approximate surface area is 573 Å². The fourth-order valence-corrected chi connectivity index (χ4v) is 10.2. The topological polar surface area (TPSA) is 231 Å². The van der Waals surface area contributed by atoms with Crippen molar-refractivity contribution in [3.63, 3.8) is 0 Å². The lowest BCUT2D eigenvalue weighted by molar-refractivity contribution is -0.161. The Hall–Kier alpha value is -5.09. The zero-order valence-corrected chi connectivity index (χ0v) is 60.1. The van der Waals surface area contributed by atoms with Gasteiger partial charge in [-0.15, -0.1) is 0 Å². The van der Waals surface area contributed by atoms with Crippen molar-refractivity contribution in [1.82, 2.24) is 0 Å². The summed E-state index contributed by atoms with van der Waals surface area (Å²) in [5.41, 5.74) is 0. The Balaban J connectivity index is 4.63. The third kappa shape index (κ3) is 70.1. The van der Waals surface area contributed by atoms with Gasteiger partial charge in [0.2, 0.25) is 0 Å². The van der Waals surface area contributed by atoms with Gasteiger partial charge in [0.05, 0.1) is 26.4 Å². The van der Waals surface area contributed by atoms with Gasteiger partial charge in [-0.2, -0.15) is 0 Å². The smallest absolute Gasteiger partial charge is 0.463 e. The van der Waals surface area contributed by atoms with Crippen LogP contribution in [0.3, 0.4) is 0 Å². The normalized spacial score (nSPS) is 15.1. The molecule has 16 nitrogen and oxygen atoms in total. The molecule has 0 bridgehead atoms. The van der Waals surface area contributed by atoms with Gasteiger partial charge in [-0.3, -0.25) is 32.5 Å². The molecule has 0 rings (SSSR count). The van der Waals surface area contributed by atoms with Crippen LogP contribution in [0.2, 0.25) is 0 Å². The quantitative estimate of drug-likeness (QED) is 0.0146. The van der Waals surface area contributed by atoms with Crippen LogP contribution in [0.1, 0.15) is 239 Å². The highest BCUT2D eigenvalue weighted by molar-refractivity contribution is 7.47. The summed E-state index contributed by atoms with van der Waals surface area (Å²) < 4.78 is 60.8. The first-order valence-electron chi connectivity index (χ1n) is 35.4. The van der Waals surface area contributed by atoms with E-state index in [1.807, 2.05) is 12.2 Å². The van der Waals surface area contributed by atoms with E-state index in [1.165, 1.54) is 19.3 Å². The Morgan fingerprint density at radius 1 is 0.295 bits per heavy atom. The molecule has 4 N–H and O–H groups in total. The molecule has 5 atom stereocenters. The molecule has 0 fully saturated rings. The summed E-state index contributed by atoms with van der Waals surface area (Å²) in [6.45, 7) is 2.20. The van der Waals surface area contributed by atoms with Gasteiger partial charge in [-0.25, -0.2) is 9.13 Å². The van der Waals surface area contributed by atoms with E-state index in [2.05, 4.69) is 179 Å². The molecule has 0 aliphatic carbocycles. The molecule has 0 aromatic carbocycles. The summed E-state index contributed by atoms with van der Waals surface area (Å²) in [5, 5.41) is 20.6. The van der Waals surface area contributed by atoms with Gasteiger partial charge in [-0.05, 0) is 141 Å². The van der Waals surface area contributed by atoms with Crippen LogP contribution in [0.5, 0.6) is 0 Å². The van der Waals surface area contributed by atoms with Gasteiger partial charge < -0.3 is 34.2 Å².